The number of hydrogen-bond donors (Lipinski definition) is 1. The summed E-state index contributed by atoms with van der Waals surface area (Å²) in [5.74, 6) is 0.604. The fourth-order valence-corrected chi connectivity index (χ4v) is 4.41. The predicted octanol–water partition coefficient (Wildman–Crippen LogP) is 5.54. The van der Waals surface area contributed by atoms with Crippen molar-refractivity contribution >= 4 is 23.2 Å². The normalized spacial score (nSPS) is 19.8. The lowest BCUT2D eigenvalue weighted by molar-refractivity contribution is -0.116. The summed E-state index contributed by atoms with van der Waals surface area (Å²) in [5.41, 5.74) is 3.07. The van der Waals surface area contributed by atoms with Crippen LogP contribution in [0, 0.1) is 5.41 Å². The fraction of sp³-hybridized carbons (Fsp3) is 0.478. The highest BCUT2D eigenvalue weighted by Gasteiger charge is 2.46. The van der Waals surface area contributed by atoms with Gasteiger partial charge in [-0.15, -0.1) is 0 Å². The highest BCUT2D eigenvalue weighted by atomic mass is 35.5. The van der Waals surface area contributed by atoms with E-state index in [-0.39, 0.29) is 17.2 Å². The lowest BCUT2D eigenvalue weighted by atomic mass is 9.82. The SMILES string of the molecule is CC1(C(CC(=O)Nc2ccc(C3CCOCC3)nc2)c2ccccc2Cl)CC1. The zero-order valence-corrected chi connectivity index (χ0v) is 17.0. The Morgan fingerprint density at radius 1 is 1.25 bits per heavy atom. The second kappa shape index (κ2) is 8.22. The van der Waals surface area contributed by atoms with Crippen LogP contribution in [0.25, 0.3) is 0 Å². The molecule has 1 unspecified atom stereocenters. The number of nitrogens with one attached hydrogen (secondary N) is 1. The van der Waals surface area contributed by atoms with Crippen molar-refractivity contribution < 1.29 is 9.53 Å². The molecular weight excluding hydrogens is 372 g/mol. The molecule has 1 saturated carbocycles. The number of carbonyl (C=O) groups excluding carboxylic acids is 1. The number of amides is 1. The van der Waals surface area contributed by atoms with Crippen molar-refractivity contribution in [2.75, 3.05) is 18.5 Å². The van der Waals surface area contributed by atoms with Crippen LogP contribution in [-0.2, 0) is 9.53 Å². The van der Waals surface area contributed by atoms with Crippen molar-refractivity contribution in [2.24, 2.45) is 5.41 Å². The Morgan fingerprint density at radius 3 is 2.64 bits per heavy atom. The molecule has 5 heteroatoms. The number of aromatic nitrogens is 1. The summed E-state index contributed by atoms with van der Waals surface area (Å²) in [6, 6.07) is 11.9. The molecule has 1 atom stereocenters. The molecule has 1 aromatic heterocycles. The second-order valence-corrected chi connectivity index (χ2v) is 8.75. The van der Waals surface area contributed by atoms with Crippen LogP contribution in [0.3, 0.4) is 0 Å². The van der Waals surface area contributed by atoms with Gasteiger partial charge in [-0.25, -0.2) is 0 Å². The van der Waals surface area contributed by atoms with Gasteiger partial charge in [-0.2, -0.15) is 0 Å². The fourth-order valence-electron chi connectivity index (χ4n) is 4.15. The lowest BCUT2D eigenvalue weighted by Crippen LogP contribution is -2.21. The van der Waals surface area contributed by atoms with Crippen LogP contribution in [0.4, 0.5) is 5.69 Å². The van der Waals surface area contributed by atoms with Crippen LogP contribution >= 0.6 is 11.6 Å². The van der Waals surface area contributed by atoms with Crippen LogP contribution in [-0.4, -0.2) is 24.1 Å². The Kier molecular flexibility index (Phi) is 5.70. The molecule has 2 heterocycles. The van der Waals surface area contributed by atoms with Gasteiger partial charge in [-0.05, 0) is 60.8 Å². The van der Waals surface area contributed by atoms with E-state index in [4.69, 9.17) is 16.3 Å². The standard InChI is InChI=1S/C23H27ClN2O2/c1-23(10-11-23)19(18-4-2-3-5-20(18)24)14-22(27)26-17-6-7-21(25-15-17)16-8-12-28-13-9-16/h2-7,15-16,19H,8-14H2,1H3,(H,26,27). The van der Waals surface area contributed by atoms with Gasteiger partial charge in [-0.3, -0.25) is 9.78 Å². The summed E-state index contributed by atoms with van der Waals surface area (Å²) >= 11 is 6.44. The third-order valence-electron chi connectivity index (χ3n) is 6.26. The van der Waals surface area contributed by atoms with E-state index in [2.05, 4.69) is 17.2 Å². The van der Waals surface area contributed by atoms with Crippen LogP contribution in [0.5, 0.6) is 0 Å². The van der Waals surface area contributed by atoms with Crippen molar-refractivity contribution in [2.45, 2.75) is 50.9 Å². The maximum atomic E-state index is 12.8. The average Bonchev–Trinajstić information content (AvgIpc) is 3.46. The number of nitrogens with zero attached hydrogens (tertiary/aromatic N) is 1. The second-order valence-electron chi connectivity index (χ2n) is 8.34. The molecule has 4 rings (SSSR count). The minimum atomic E-state index is 0.0126. The smallest absolute Gasteiger partial charge is 0.225 e. The van der Waals surface area contributed by atoms with Gasteiger partial charge < -0.3 is 10.1 Å². The molecule has 1 aliphatic heterocycles. The highest BCUT2D eigenvalue weighted by Crippen LogP contribution is 2.57. The Morgan fingerprint density at radius 2 is 2.00 bits per heavy atom. The monoisotopic (exact) mass is 398 g/mol. The van der Waals surface area contributed by atoms with Gasteiger partial charge in [0, 0.05) is 36.3 Å². The molecule has 1 aliphatic carbocycles. The van der Waals surface area contributed by atoms with E-state index < -0.39 is 0 Å². The van der Waals surface area contributed by atoms with E-state index in [1.54, 1.807) is 6.20 Å². The Balaban J connectivity index is 1.42. The molecule has 0 bridgehead atoms. The number of halogens is 1. The average molecular weight is 399 g/mol. The minimum absolute atomic E-state index is 0.0126. The van der Waals surface area contributed by atoms with E-state index in [1.807, 2.05) is 36.4 Å². The number of benzene rings is 1. The van der Waals surface area contributed by atoms with Crippen molar-refractivity contribution in [3.63, 3.8) is 0 Å². The number of pyridine rings is 1. The molecule has 0 spiro atoms. The highest BCUT2D eigenvalue weighted by molar-refractivity contribution is 6.31. The number of hydrogen-bond acceptors (Lipinski definition) is 3. The first-order valence-electron chi connectivity index (χ1n) is 10.1. The van der Waals surface area contributed by atoms with Crippen LogP contribution in [0.2, 0.25) is 5.02 Å². The van der Waals surface area contributed by atoms with E-state index in [0.29, 0.717) is 12.3 Å². The first-order valence-corrected chi connectivity index (χ1v) is 10.5. The summed E-state index contributed by atoms with van der Waals surface area (Å²) < 4.78 is 5.42. The Bertz CT molecular complexity index is 827. The summed E-state index contributed by atoms with van der Waals surface area (Å²) in [7, 11) is 0. The summed E-state index contributed by atoms with van der Waals surface area (Å²) in [6.45, 7) is 3.85. The Hall–Kier alpha value is -1.91. The van der Waals surface area contributed by atoms with Crippen molar-refractivity contribution in [1.29, 1.82) is 0 Å². The molecule has 148 valence electrons. The molecule has 1 saturated heterocycles. The van der Waals surface area contributed by atoms with Crippen LogP contribution in [0.1, 0.15) is 62.1 Å². The zero-order chi connectivity index (χ0) is 19.6. The molecule has 1 aromatic carbocycles. The van der Waals surface area contributed by atoms with Crippen molar-refractivity contribution in [3.8, 4) is 0 Å². The lowest BCUT2D eigenvalue weighted by Gasteiger charge is -2.25. The van der Waals surface area contributed by atoms with Crippen LogP contribution < -0.4 is 5.32 Å². The van der Waals surface area contributed by atoms with Gasteiger partial charge in [0.2, 0.25) is 5.91 Å². The maximum Gasteiger partial charge on any atom is 0.225 e. The van der Waals surface area contributed by atoms with Crippen LogP contribution in [0.15, 0.2) is 42.6 Å². The van der Waals surface area contributed by atoms with E-state index in [1.165, 1.54) is 0 Å². The molecule has 4 nitrogen and oxygen atoms in total. The molecule has 0 radical (unpaired) electrons. The summed E-state index contributed by atoms with van der Waals surface area (Å²) in [4.78, 5) is 17.3. The van der Waals surface area contributed by atoms with Gasteiger partial charge in [0.15, 0.2) is 0 Å². The van der Waals surface area contributed by atoms with Gasteiger partial charge in [-0.1, -0.05) is 36.7 Å². The third-order valence-corrected chi connectivity index (χ3v) is 6.60. The quantitative estimate of drug-likeness (QED) is 0.694. The first kappa shape index (κ1) is 19.4. The van der Waals surface area contributed by atoms with E-state index in [0.717, 1.165) is 60.9 Å². The third kappa shape index (κ3) is 4.39. The number of ether oxygens (including phenoxy) is 1. The van der Waals surface area contributed by atoms with E-state index in [9.17, 15) is 4.79 Å². The summed E-state index contributed by atoms with van der Waals surface area (Å²) in [5, 5.41) is 3.77. The molecule has 2 aromatic rings. The van der Waals surface area contributed by atoms with Crippen molar-refractivity contribution in [3.05, 3.63) is 58.9 Å². The Labute approximate surface area is 171 Å². The largest absolute Gasteiger partial charge is 0.381 e. The van der Waals surface area contributed by atoms with Gasteiger partial charge in [0.1, 0.15) is 0 Å². The molecule has 2 aliphatic rings. The number of carbonyl (C=O) groups is 1. The molecule has 2 fully saturated rings. The minimum Gasteiger partial charge on any atom is -0.381 e. The van der Waals surface area contributed by atoms with Crippen molar-refractivity contribution in [1.82, 2.24) is 4.98 Å². The van der Waals surface area contributed by atoms with Gasteiger partial charge >= 0.3 is 0 Å². The predicted molar refractivity (Wildman–Crippen MR) is 112 cm³/mol. The van der Waals surface area contributed by atoms with Gasteiger partial charge in [0.25, 0.3) is 0 Å². The molecular formula is C23H27ClN2O2. The maximum absolute atomic E-state index is 12.8. The van der Waals surface area contributed by atoms with Gasteiger partial charge in [0.05, 0.1) is 11.9 Å². The number of anilines is 1. The molecule has 1 N–H and O–H groups in total. The number of rotatable bonds is 6. The van der Waals surface area contributed by atoms with E-state index >= 15 is 0 Å². The molecule has 1 amide bonds. The topological polar surface area (TPSA) is 51.2 Å². The zero-order valence-electron chi connectivity index (χ0n) is 16.3. The first-order chi connectivity index (χ1) is 13.5. The summed E-state index contributed by atoms with van der Waals surface area (Å²) in [6.07, 6.45) is 6.50. The molecule has 28 heavy (non-hydrogen) atoms.